The molecule has 0 aliphatic carbocycles. The molecular weight excluding hydrogens is 216 g/mol. The highest BCUT2D eigenvalue weighted by molar-refractivity contribution is 5.74. The lowest BCUT2D eigenvalue weighted by atomic mass is 10.2. The summed E-state index contributed by atoms with van der Waals surface area (Å²) in [5.41, 5.74) is 2.04. The Kier molecular flexibility index (Phi) is 4.12. The lowest BCUT2D eigenvalue weighted by molar-refractivity contribution is 0.122. The van der Waals surface area contributed by atoms with E-state index in [0.717, 1.165) is 23.9 Å². The number of aromatic nitrogens is 2. The van der Waals surface area contributed by atoms with Crippen molar-refractivity contribution in [1.29, 1.82) is 0 Å². The molecule has 0 spiro atoms. The first-order valence-corrected chi connectivity index (χ1v) is 5.88. The number of methoxy groups -OCH3 is 1. The molecule has 1 aromatic heterocycles. The predicted octanol–water partition coefficient (Wildman–Crippen LogP) is 1.82. The fourth-order valence-corrected chi connectivity index (χ4v) is 1.94. The molecule has 0 saturated carbocycles. The Morgan fingerprint density at radius 1 is 1.41 bits per heavy atom. The van der Waals surface area contributed by atoms with Gasteiger partial charge in [0.2, 0.25) is 0 Å². The van der Waals surface area contributed by atoms with Crippen molar-refractivity contribution in [3.8, 4) is 0 Å². The maximum atomic E-state index is 9.90. The molecule has 0 amide bonds. The lowest BCUT2D eigenvalue weighted by Gasteiger charge is -2.11. The first-order chi connectivity index (χ1) is 8.31. The summed E-state index contributed by atoms with van der Waals surface area (Å²) in [6.07, 6.45) is 3.07. The molecule has 2 aromatic rings. The molecule has 17 heavy (non-hydrogen) atoms. The molecule has 0 saturated heterocycles. The van der Waals surface area contributed by atoms with Gasteiger partial charge in [0.15, 0.2) is 0 Å². The number of para-hydroxylation sites is 2. The van der Waals surface area contributed by atoms with Crippen molar-refractivity contribution in [3.05, 3.63) is 30.6 Å². The number of aliphatic hydroxyl groups excluding tert-OH is 1. The van der Waals surface area contributed by atoms with Crippen LogP contribution < -0.4 is 0 Å². The zero-order valence-corrected chi connectivity index (χ0v) is 10.0. The Hall–Kier alpha value is -1.39. The van der Waals surface area contributed by atoms with Crippen LogP contribution >= 0.6 is 0 Å². The van der Waals surface area contributed by atoms with Crippen LogP contribution in [0.1, 0.15) is 12.8 Å². The number of hydrogen-bond acceptors (Lipinski definition) is 3. The normalized spacial score (nSPS) is 13.1. The van der Waals surface area contributed by atoms with Crippen LogP contribution in [-0.4, -0.2) is 34.5 Å². The highest BCUT2D eigenvalue weighted by atomic mass is 16.5. The van der Waals surface area contributed by atoms with Crippen molar-refractivity contribution in [2.24, 2.45) is 0 Å². The molecule has 0 bridgehead atoms. The monoisotopic (exact) mass is 234 g/mol. The van der Waals surface area contributed by atoms with Crippen molar-refractivity contribution < 1.29 is 9.84 Å². The number of nitrogens with zero attached hydrogens (tertiary/aromatic N) is 2. The van der Waals surface area contributed by atoms with Crippen molar-refractivity contribution in [2.75, 3.05) is 13.7 Å². The Balaban J connectivity index is 1.98. The van der Waals surface area contributed by atoms with E-state index in [4.69, 9.17) is 4.74 Å². The topological polar surface area (TPSA) is 47.3 Å². The van der Waals surface area contributed by atoms with Gasteiger partial charge in [-0.05, 0) is 25.0 Å². The first kappa shape index (κ1) is 12.1. The summed E-state index contributed by atoms with van der Waals surface area (Å²) >= 11 is 0. The summed E-state index contributed by atoms with van der Waals surface area (Å²) < 4.78 is 6.96. The van der Waals surface area contributed by atoms with Gasteiger partial charge in [0.05, 0.1) is 30.0 Å². The summed E-state index contributed by atoms with van der Waals surface area (Å²) in [5.74, 6) is 0. The second-order valence-corrected chi connectivity index (χ2v) is 4.17. The summed E-state index contributed by atoms with van der Waals surface area (Å²) in [4.78, 5) is 4.30. The van der Waals surface area contributed by atoms with E-state index in [0.29, 0.717) is 13.2 Å². The molecule has 1 aromatic carbocycles. The lowest BCUT2D eigenvalue weighted by Crippen LogP contribution is -2.15. The molecule has 0 radical (unpaired) electrons. The number of aliphatic hydroxyl groups is 1. The number of hydrogen-bond donors (Lipinski definition) is 1. The molecule has 1 unspecified atom stereocenters. The Morgan fingerprint density at radius 3 is 3.06 bits per heavy atom. The van der Waals surface area contributed by atoms with Crippen molar-refractivity contribution in [1.82, 2.24) is 9.55 Å². The highest BCUT2D eigenvalue weighted by Crippen LogP contribution is 2.13. The van der Waals surface area contributed by atoms with Crippen LogP contribution in [0, 0.1) is 0 Å². The maximum absolute atomic E-state index is 9.90. The van der Waals surface area contributed by atoms with Gasteiger partial charge in [-0.2, -0.15) is 0 Å². The van der Waals surface area contributed by atoms with E-state index in [1.165, 1.54) is 0 Å². The van der Waals surface area contributed by atoms with Gasteiger partial charge in [-0.1, -0.05) is 12.1 Å². The van der Waals surface area contributed by atoms with E-state index in [1.807, 2.05) is 28.8 Å². The number of benzene rings is 1. The second kappa shape index (κ2) is 5.80. The van der Waals surface area contributed by atoms with Crippen molar-refractivity contribution >= 4 is 11.0 Å². The van der Waals surface area contributed by atoms with Crippen LogP contribution in [0.4, 0.5) is 0 Å². The second-order valence-electron chi connectivity index (χ2n) is 4.17. The Morgan fingerprint density at radius 2 is 2.24 bits per heavy atom. The number of imidazole rings is 1. The minimum atomic E-state index is -0.345. The van der Waals surface area contributed by atoms with Crippen LogP contribution in [-0.2, 0) is 11.3 Å². The molecule has 1 heterocycles. The summed E-state index contributed by atoms with van der Waals surface area (Å²) in [6.45, 7) is 1.28. The van der Waals surface area contributed by atoms with E-state index in [2.05, 4.69) is 4.98 Å². The van der Waals surface area contributed by atoms with Crippen LogP contribution in [0.3, 0.4) is 0 Å². The minimum absolute atomic E-state index is 0.345. The fourth-order valence-electron chi connectivity index (χ4n) is 1.94. The first-order valence-electron chi connectivity index (χ1n) is 5.88. The molecule has 0 fully saturated rings. The molecule has 1 N–H and O–H groups in total. The highest BCUT2D eigenvalue weighted by Gasteiger charge is 2.07. The van der Waals surface area contributed by atoms with Gasteiger partial charge in [-0.3, -0.25) is 0 Å². The zero-order chi connectivity index (χ0) is 12.1. The SMILES string of the molecule is COCCCC(O)Cn1cnc2ccccc21. The van der Waals surface area contributed by atoms with Gasteiger partial charge in [-0.15, -0.1) is 0 Å². The summed E-state index contributed by atoms with van der Waals surface area (Å²) in [5, 5.41) is 9.90. The molecule has 0 aliphatic rings. The molecule has 4 heteroatoms. The standard InChI is InChI=1S/C13H18N2O2/c1-17-8-4-5-11(16)9-15-10-14-12-6-2-3-7-13(12)15/h2-3,6-7,10-11,16H,4-5,8-9H2,1H3. The van der Waals surface area contributed by atoms with Crippen LogP contribution in [0.15, 0.2) is 30.6 Å². The predicted molar refractivity (Wildman–Crippen MR) is 66.8 cm³/mol. The smallest absolute Gasteiger partial charge is 0.0959 e. The van der Waals surface area contributed by atoms with E-state index >= 15 is 0 Å². The van der Waals surface area contributed by atoms with Crippen LogP contribution in [0.2, 0.25) is 0 Å². The van der Waals surface area contributed by atoms with Gasteiger partial charge >= 0.3 is 0 Å². The van der Waals surface area contributed by atoms with E-state index in [9.17, 15) is 5.11 Å². The molecule has 2 rings (SSSR count). The maximum Gasteiger partial charge on any atom is 0.0959 e. The number of fused-ring (bicyclic) bond motifs is 1. The molecular formula is C13H18N2O2. The molecule has 1 atom stereocenters. The summed E-state index contributed by atoms with van der Waals surface area (Å²) in [6, 6.07) is 7.94. The molecule has 92 valence electrons. The average Bonchev–Trinajstić information content (AvgIpc) is 2.73. The molecule has 4 nitrogen and oxygen atoms in total. The molecule has 0 aliphatic heterocycles. The summed E-state index contributed by atoms with van der Waals surface area (Å²) in [7, 11) is 1.68. The van der Waals surface area contributed by atoms with Gasteiger partial charge in [0.1, 0.15) is 0 Å². The third-order valence-corrected chi connectivity index (χ3v) is 2.82. The van der Waals surface area contributed by atoms with Crippen LogP contribution in [0.5, 0.6) is 0 Å². The fraction of sp³-hybridized carbons (Fsp3) is 0.462. The van der Waals surface area contributed by atoms with Crippen molar-refractivity contribution in [2.45, 2.75) is 25.5 Å². The van der Waals surface area contributed by atoms with Gasteiger partial charge in [0, 0.05) is 13.7 Å². The Bertz CT molecular complexity index is 467. The van der Waals surface area contributed by atoms with E-state index < -0.39 is 0 Å². The average molecular weight is 234 g/mol. The van der Waals surface area contributed by atoms with E-state index in [1.54, 1.807) is 13.4 Å². The van der Waals surface area contributed by atoms with Gasteiger partial charge in [0.25, 0.3) is 0 Å². The number of ether oxygens (including phenoxy) is 1. The van der Waals surface area contributed by atoms with E-state index in [-0.39, 0.29) is 6.10 Å². The third-order valence-electron chi connectivity index (χ3n) is 2.82. The Labute approximate surface area is 101 Å². The third kappa shape index (κ3) is 3.05. The minimum Gasteiger partial charge on any atom is -0.391 e. The number of rotatable bonds is 6. The van der Waals surface area contributed by atoms with Gasteiger partial charge < -0.3 is 14.4 Å². The van der Waals surface area contributed by atoms with Crippen LogP contribution in [0.25, 0.3) is 11.0 Å². The van der Waals surface area contributed by atoms with Gasteiger partial charge in [-0.25, -0.2) is 4.98 Å². The largest absolute Gasteiger partial charge is 0.391 e. The van der Waals surface area contributed by atoms with Crippen molar-refractivity contribution in [3.63, 3.8) is 0 Å². The zero-order valence-electron chi connectivity index (χ0n) is 10.0. The quantitative estimate of drug-likeness (QED) is 0.776.